The Bertz CT molecular complexity index is 224. The van der Waals surface area contributed by atoms with Crippen molar-refractivity contribution in [3.05, 3.63) is 27.7 Å². The van der Waals surface area contributed by atoms with E-state index in [9.17, 15) is 0 Å². The van der Waals surface area contributed by atoms with Crippen molar-refractivity contribution in [2.45, 2.75) is 4.90 Å². The maximum Gasteiger partial charge on any atom is 0.0597 e. The molecule has 0 fully saturated rings. The second-order valence-corrected chi connectivity index (χ2v) is 3.34. The molecule has 0 unspecified atom stereocenters. The van der Waals surface area contributed by atoms with Crippen LogP contribution in [0.25, 0.3) is 0 Å². The van der Waals surface area contributed by atoms with E-state index < -0.39 is 0 Å². The average Bonchev–Trinajstić information content (AvgIpc) is 1.80. The van der Waals surface area contributed by atoms with E-state index in [4.69, 9.17) is 24.2 Å². The highest BCUT2D eigenvalue weighted by atomic mass is 79.9. The third kappa shape index (κ3) is 1.81. The monoisotopic (exact) mass is 221 g/mol. The molecular formula is C6H3BrClS. The van der Waals surface area contributed by atoms with E-state index >= 15 is 0 Å². The third-order valence-electron chi connectivity index (χ3n) is 0.894. The number of hydrogen-bond donors (Lipinski definition) is 0. The zero-order valence-electron chi connectivity index (χ0n) is 4.40. The van der Waals surface area contributed by atoms with Crippen LogP contribution in [0.1, 0.15) is 0 Å². The molecule has 0 aromatic heterocycles. The fraction of sp³-hybridized carbons (Fsp3) is 0. The molecule has 47 valence electrons. The van der Waals surface area contributed by atoms with Crippen molar-refractivity contribution >= 4 is 40.2 Å². The molecule has 1 radical (unpaired) electrons. The van der Waals surface area contributed by atoms with Gasteiger partial charge in [-0.15, -0.1) is 0 Å². The molecule has 0 saturated carbocycles. The smallest absolute Gasteiger partial charge is 0.0597 e. The first-order valence-corrected chi connectivity index (χ1v) is 3.90. The Balaban J connectivity index is 3.17. The van der Waals surface area contributed by atoms with Crippen LogP contribution in [0.3, 0.4) is 0 Å². The van der Waals surface area contributed by atoms with Crippen LogP contribution in [0.5, 0.6) is 0 Å². The van der Waals surface area contributed by atoms with Crippen LogP contribution in [0.15, 0.2) is 27.6 Å². The number of halogens is 2. The lowest BCUT2D eigenvalue weighted by molar-refractivity contribution is 1.45. The molecular weight excluding hydrogens is 219 g/mol. The Hall–Kier alpha value is 0.210. The van der Waals surface area contributed by atoms with E-state index in [1.54, 1.807) is 12.1 Å². The molecule has 0 heterocycles. The molecule has 0 atom stereocenters. The highest BCUT2D eigenvalue weighted by Gasteiger charge is 1.94. The van der Waals surface area contributed by atoms with E-state index in [0.717, 1.165) is 4.47 Å². The van der Waals surface area contributed by atoms with Crippen LogP contribution in [0, 0.1) is 0 Å². The van der Waals surface area contributed by atoms with Gasteiger partial charge in [-0.2, -0.15) is 0 Å². The molecule has 0 aliphatic rings. The summed E-state index contributed by atoms with van der Waals surface area (Å²) in [6, 6.07) is 5.44. The van der Waals surface area contributed by atoms with Crippen molar-refractivity contribution in [3.8, 4) is 0 Å². The van der Waals surface area contributed by atoms with E-state index in [-0.39, 0.29) is 0 Å². The molecule has 1 aromatic rings. The van der Waals surface area contributed by atoms with Crippen LogP contribution in [-0.4, -0.2) is 0 Å². The van der Waals surface area contributed by atoms with Gasteiger partial charge in [0.1, 0.15) is 0 Å². The molecule has 0 nitrogen and oxygen atoms in total. The standard InChI is InChI=1S/C6H3BrClS/c7-4-1-2-6(9)5(8)3-4/h1-3H. The van der Waals surface area contributed by atoms with Gasteiger partial charge in [-0.1, -0.05) is 40.2 Å². The first-order chi connectivity index (χ1) is 4.20. The van der Waals surface area contributed by atoms with Gasteiger partial charge in [-0.3, -0.25) is 0 Å². The highest BCUT2D eigenvalue weighted by molar-refractivity contribution is 9.10. The zero-order chi connectivity index (χ0) is 6.85. The summed E-state index contributed by atoms with van der Waals surface area (Å²) < 4.78 is 0.959. The summed E-state index contributed by atoms with van der Waals surface area (Å²) in [6.07, 6.45) is 0. The van der Waals surface area contributed by atoms with E-state index in [2.05, 4.69) is 15.9 Å². The van der Waals surface area contributed by atoms with Crippen LogP contribution >= 0.6 is 40.2 Å². The zero-order valence-corrected chi connectivity index (χ0v) is 7.55. The lowest BCUT2D eigenvalue weighted by Crippen LogP contribution is -1.67. The van der Waals surface area contributed by atoms with E-state index in [0.29, 0.717) is 9.92 Å². The van der Waals surface area contributed by atoms with Crippen molar-refractivity contribution in [1.29, 1.82) is 0 Å². The van der Waals surface area contributed by atoms with Crippen LogP contribution in [-0.2, 0) is 0 Å². The first-order valence-electron chi connectivity index (χ1n) is 2.32. The maximum atomic E-state index is 5.68. The average molecular weight is 223 g/mol. The van der Waals surface area contributed by atoms with E-state index in [1.807, 2.05) is 6.07 Å². The van der Waals surface area contributed by atoms with Gasteiger partial charge in [-0.25, -0.2) is 0 Å². The van der Waals surface area contributed by atoms with Gasteiger partial charge in [-0.05, 0) is 18.2 Å². The van der Waals surface area contributed by atoms with Crippen LogP contribution in [0.2, 0.25) is 5.02 Å². The predicted octanol–water partition coefficient (Wildman–Crippen LogP) is 3.66. The van der Waals surface area contributed by atoms with Gasteiger partial charge in [0.2, 0.25) is 0 Å². The lowest BCUT2D eigenvalue weighted by Gasteiger charge is -1.93. The molecule has 0 aliphatic heterocycles. The Morgan fingerprint density at radius 1 is 1.44 bits per heavy atom. The van der Waals surface area contributed by atoms with Crippen molar-refractivity contribution in [2.24, 2.45) is 0 Å². The SMILES string of the molecule is [S]c1ccc(Br)cc1Cl. The van der Waals surface area contributed by atoms with Gasteiger partial charge in [0.15, 0.2) is 0 Å². The summed E-state index contributed by atoms with van der Waals surface area (Å²) in [5, 5.41) is 0.624. The maximum absolute atomic E-state index is 5.68. The highest BCUT2D eigenvalue weighted by Crippen LogP contribution is 2.23. The Kier molecular flexibility index (Phi) is 2.33. The molecule has 1 aromatic carbocycles. The van der Waals surface area contributed by atoms with Crippen LogP contribution in [0.4, 0.5) is 0 Å². The molecule has 9 heavy (non-hydrogen) atoms. The second kappa shape index (κ2) is 2.86. The van der Waals surface area contributed by atoms with Gasteiger partial charge in [0.25, 0.3) is 0 Å². The summed E-state index contributed by atoms with van der Waals surface area (Å²) in [7, 11) is 0. The molecule has 0 saturated heterocycles. The number of hydrogen-bond acceptors (Lipinski definition) is 0. The number of rotatable bonds is 0. The quantitative estimate of drug-likeness (QED) is 0.628. The second-order valence-electron chi connectivity index (χ2n) is 1.57. The molecule has 3 heteroatoms. The Labute approximate surface area is 72.8 Å². The van der Waals surface area contributed by atoms with Gasteiger partial charge >= 0.3 is 0 Å². The summed E-state index contributed by atoms with van der Waals surface area (Å²) in [5.74, 6) is 0. The molecule has 0 amide bonds. The van der Waals surface area contributed by atoms with Gasteiger partial charge in [0.05, 0.1) is 9.92 Å². The molecule has 1 rings (SSSR count). The van der Waals surface area contributed by atoms with Crippen LogP contribution < -0.4 is 0 Å². The van der Waals surface area contributed by atoms with Crippen molar-refractivity contribution in [1.82, 2.24) is 0 Å². The first kappa shape index (κ1) is 7.32. The van der Waals surface area contributed by atoms with Crippen molar-refractivity contribution in [3.63, 3.8) is 0 Å². The molecule has 0 aliphatic carbocycles. The van der Waals surface area contributed by atoms with Crippen molar-refractivity contribution < 1.29 is 0 Å². The minimum atomic E-state index is 0.624. The van der Waals surface area contributed by atoms with Gasteiger partial charge < -0.3 is 0 Å². The minimum absolute atomic E-state index is 0.624. The van der Waals surface area contributed by atoms with E-state index in [1.165, 1.54) is 0 Å². The normalized spacial score (nSPS) is 9.56. The summed E-state index contributed by atoms with van der Waals surface area (Å²) in [5.41, 5.74) is 0. The summed E-state index contributed by atoms with van der Waals surface area (Å²) in [6.45, 7) is 0. The molecule has 0 N–H and O–H groups in total. The predicted molar refractivity (Wildman–Crippen MR) is 45.0 cm³/mol. The van der Waals surface area contributed by atoms with Gasteiger partial charge in [0, 0.05) is 4.47 Å². The minimum Gasteiger partial charge on any atom is -0.0827 e. The molecule has 0 spiro atoms. The lowest BCUT2D eigenvalue weighted by atomic mass is 10.4. The Morgan fingerprint density at radius 3 is 2.56 bits per heavy atom. The van der Waals surface area contributed by atoms with Crippen molar-refractivity contribution in [2.75, 3.05) is 0 Å². The topological polar surface area (TPSA) is 0 Å². The number of benzene rings is 1. The fourth-order valence-corrected chi connectivity index (χ4v) is 1.28. The third-order valence-corrected chi connectivity index (χ3v) is 2.17. The summed E-state index contributed by atoms with van der Waals surface area (Å²) in [4.78, 5) is 0.694. The Morgan fingerprint density at radius 2 is 2.11 bits per heavy atom. The largest absolute Gasteiger partial charge is 0.0827 e. The summed E-state index contributed by atoms with van der Waals surface area (Å²) >= 11 is 13.8. The molecule has 0 bridgehead atoms. The fourth-order valence-electron chi connectivity index (χ4n) is 0.475.